The van der Waals surface area contributed by atoms with Crippen LogP contribution in [0.15, 0.2) is 0 Å². The number of hydrogen-bond donors (Lipinski definition) is 2. The van der Waals surface area contributed by atoms with Crippen LogP contribution >= 0.6 is 0 Å². The zero-order valence-electron chi connectivity index (χ0n) is 10.8. The highest BCUT2D eigenvalue weighted by Crippen LogP contribution is 2.21. The molecule has 1 amide bonds. The van der Waals surface area contributed by atoms with E-state index in [-0.39, 0.29) is 22.8 Å². The maximum absolute atomic E-state index is 11.5. The SMILES string of the molecule is CC(C)(C)C(=O)NCCC(O)C(C)(C)C. The van der Waals surface area contributed by atoms with E-state index < -0.39 is 0 Å². The summed E-state index contributed by atoms with van der Waals surface area (Å²) in [6.07, 6.45) is 0.225. The van der Waals surface area contributed by atoms with Crippen molar-refractivity contribution in [1.82, 2.24) is 5.32 Å². The number of carbonyl (C=O) groups excluding carboxylic acids is 1. The molecule has 0 aromatic heterocycles. The van der Waals surface area contributed by atoms with Gasteiger partial charge in [-0.05, 0) is 11.8 Å². The molecular weight excluding hydrogens is 190 g/mol. The van der Waals surface area contributed by atoms with Crippen molar-refractivity contribution in [2.45, 2.75) is 54.1 Å². The molecule has 0 fully saturated rings. The number of nitrogens with one attached hydrogen (secondary N) is 1. The number of rotatable bonds is 3. The summed E-state index contributed by atoms with van der Waals surface area (Å²) in [5.74, 6) is 0.0311. The molecule has 0 saturated carbocycles. The Balaban J connectivity index is 3.87. The van der Waals surface area contributed by atoms with Gasteiger partial charge in [-0.3, -0.25) is 4.79 Å². The van der Waals surface area contributed by atoms with Gasteiger partial charge in [0.25, 0.3) is 0 Å². The molecular formula is C12H25NO2. The Morgan fingerprint density at radius 1 is 1.20 bits per heavy atom. The normalized spacial score (nSPS) is 14.9. The lowest BCUT2D eigenvalue weighted by Gasteiger charge is -2.26. The van der Waals surface area contributed by atoms with E-state index in [0.29, 0.717) is 13.0 Å². The quantitative estimate of drug-likeness (QED) is 0.756. The van der Waals surface area contributed by atoms with Gasteiger partial charge in [-0.15, -0.1) is 0 Å². The molecule has 0 rings (SSSR count). The molecule has 0 spiro atoms. The topological polar surface area (TPSA) is 49.3 Å². The van der Waals surface area contributed by atoms with Gasteiger partial charge in [0.2, 0.25) is 5.91 Å². The van der Waals surface area contributed by atoms with Gasteiger partial charge >= 0.3 is 0 Å². The zero-order valence-corrected chi connectivity index (χ0v) is 10.8. The number of aliphatic hydroxyl groups is 1. The van der Waals surface area contributed by atoms with Gasteiger partial charge in [0, 0.05) is 12.0 Å². The molecule has 0 radical (unpaired) electrons. The van der Waals surface area contributed by atoms with E-state index in [4.69, 9.17) is 0 Å². The Morgan fingerprint density at radius 2 is 1.67 bits per heavy atom. The standard InChI is InChI=1S/C12H25NO2/c1-11(2,3)9(14)7-8-13-10(15)12(4,5)6/h9,14H,7-8H2,1-6H3,(H,13,15). The van der Waals surface area contributed by atoms with Crippen molar-refractivity contribution in [3.8, 4) is 0 Å². The Morgan fingerprint density at radius 3 is 2.00 bits per heavy atom. The number of aliphatic hydroxyl groups excluding tert-OH is 1. The third-order valence-electron chi connectivity index (χ3n) is 2.38. The van der Waals surface area contributed by atoms with Crippen molar-refractivity contribution in [3.63, 3.8) is 0 Å². The Labute approximate surface area is 93.3 Å². The van der Waals surface area contributed by atoms with Crippen LogP contribution < -0.4 is 5.32 Å². The summed E-state index contributed by atoms with van der Waals surface area (Å²) in [7, 11) is 0. The Hall–Kier alpha value is -0.570. The van der Waals surface area contributed by atoms with E-state index in [1.54, 1.807) is 0 Å². The lowest BCUT2D eigenvalue weighted by Crippen LogP contribution is -2.38. The Bertz CT molecular complexity index is 211. The second kappa shape index (κ2) is 4.97. The molecule has 2 N–H and O–H groups in total. The molecule has 0 saturated heterocycles. The molecule has 0 aliphatic heterocycles. The van der Waals surface area contributed by atoms with Gasteiger partial charge in [-0.1, -0.05) is 41.5 Å². The molecule has 0 heterocycles. The lowest BCUT2D eigenvalue weighted by molar-refractivity contribution is -0.128. The van der Waals surface area contributed by atoms with E-state index in [9.17, 15) is 9.90 Å². The van der Waals surface area contributed by atoms with Crippen LogP contribution in [0.4, 0.5) is 0 Å². The summed E-state index contributed by atoms with van der Waals surface area (Å²) < 4.78 is 0. The predicted molar refractivity (Wildman–Crippen MR) is 62.5 cm³/mol. The first-order valence-corrected chi connectivity index (χ1v) is 5.51. The molecule has 90 valence electrons. The number of carbonyl (C=O) groups is 1. The van der Waals surface area contributed by atoms with Crippen LogP contribution in [0.5, 0.6) is 0 Å². The van der Waals surface area contributed by atoms with Crippen molar-refractivity contribution < 1.29 is 9.90 Å². The van der Waals surface area contributed by atoms with Crippen LogP contribution in [-0.4, -0.2) is 23.7 Å². The van der Waals surface area contributed by atoms with E-state index in [1.165, 1.54) is 0 Å². The average Bonchev–Trinajstić information content (AvgIpc) is 2.00. The summed E-state index contributed by atoms with van der Waals surface area (Å²) in [4.78, 5) is 11.5. The monoisotopic (exact) mass is 215 g/mol. The first kappa shape index (κ1) is 14.4. The highest BCUT2D eigenvalue weighted by molar-refractivity contribution is 5.81. The minimum Gasteiger partial charge on any atom is -0.393 e. The minimum atomic E-state index is -0.377. The average molecular weight is 215 g/mol. The van der Waals surface area contributed by atoms with E-state index >= 15 is 0 Å². The first-order chi connectivity index (χ1) is 6.55. The van der Waals surface area contributed by atoms with Crippen LogP contribution in [0, 0.1) is 10.8 Å². The highest BCUT2D eigenvalue weighted by Gasteiger charge is 2.24. The first-order valence-electron chi connectivity index (χ1n) is 5.51. The zero-order chi connectivity index (χ0) is 12.3. The maximum atomic E-state index is 11.5. The third kappa shape index (κ3) is 5.78. The fourth-order valence-corrected chi connectivity index (χ4v) is 1.02. The van der Waals surface area contributed by atoms with Crippen molar-refractivity contribution >= 4 is 5.91 Å². The molecule has 0 bridgehead atoms. The Kier molecular flexibility index (Phi) is 4.78. The second-order valence-corrected chi connectivity index (χ2v) is 6.18. The largest absolute Gasteiger partial charge is 0.393 e. The van der Waals surface area contributed by atoms with Gasteiger partial charge < -0.3 is 10.4 Å². The van der Waals surface area contributed by atoms with Crippen molar-refractivity contribution in [1.29, 1.82) is 0 Å². The number of hydrogen-bond acceptors (Lipinski definition) is 2. The smallest absolute Gasteiger partial charge is 0.225 e. The van der Waals surface area contributed by atoms with Gasteiger partial charge in [0.05, 0.1) is 6.10 Å². The molecule has 1 atom stereocenters. The predicted octanol–water partition coefficient (Wildman–Crippen LogP) is 1.95. The fourth-order valence-electron chi connectivity index (χ4n) is 1.02. The van der Waals surface area contributed by atoms with Gasteiger partial charge in [0.1, 0.15) is 0 Å². The van der Waals surface area contributed by atoms with Crippen LogP contribution in [0.25, 0.3) is 0 Å². The summed E-state index contributed by atoms with van der Waals surface area (Å²) in [6, 6.07) is 0. The number of amides is 1. The van der Waals surface area contributed by atoms with Gasteiger partial charge in [-0.2, -0.15) is 0 Å². The minimum absolute atomic E-state index is 0.0311. The molecule has 0 aliphatic carbocycles. The van der Waals surface area contributed by atoms with Crippen LogP contribution in [-0.2, 0) is 4.79 Å². The van der Waals surface area contributed by atoms with Crippen LogP contribution in [0.2, 0.25) is 0 Å². The molecule has 15 heavy (non-hydrogen) atoms. The lowest BCUT2D eigenvalue weighted by atomic mass is 9.87. The van der Waals surface area contributed by atoms with Crippen molar-refractivity contribution in [2.24, 2.45) is 10.8 Å². The van der Waals surface area contributed by atoms with E-state index in [2.05, 4.69) is 5.32 Å². The van der Waals surface area contributed by atoms with E-state index in [1.807, 2.05) is 41.5 Å². The molecule has 1 unspecified atom stereocenters. The summed E-state index contributed by atoms with van der Waals surface area (Å²) in [6.45, 7) is 12.1. The molecule has 3 heteroatoms. The summed E-state index contributed by atoms with van der Waals surface area (Å²) >= 11 is 0. The summed E-state index contributed by atoms with van der Waals surface area (Å²) in [5.41, 5.74) is -0.473. The van der Waals surface area contributed by atoms with Crippen molar-refractivity contribution in [2.75, 3.05) is 6.54 Å². The van der Waals surface area contributed by atoms with Gasteiger partial charge in [-0.25, -0.2) is 0 Å². The molecule has 3 nitrogen and oxygen atoms in total. The molecule has 0 aliphatic rings. The van der Waals surface area contributed by atoms with E-state index in [0.717, 1.165) is 0 Å². The maximum Gasteiger partial charge on any atom is 0.225 e. The van der Waals surface area contributed by atoms with Crippen molar-refractivity contribution in [3.05, 3.63) is 0 Å². The van der Waals surface area contributed by atoms with Crippen LogP contribution in [0.1, 0.15) is 48.0 Å². The highest BCUT2D eigenvalue weighted by atomic mass is 16.3. The molecule has 0 aromatic carbocycles. The third-order valence-corrected chi connectivity index (χ3v) is 2.38. The second-order valence-electron chi connectivity index (χ2n) is 6.18. The fraction of sp³-hybridized carbons (Fsp3) is 0.917. The molecule has 0 aromatic rings. The summed E-state index contributed by atoms with van der Waals surface area (Å²) in [5, 5.41) is 12.6. The van der Waals surface area contributed by atoms with Crippen LogP contribution in [0.3, 0.4) is 0 Å². The van der Waals surface area contributed by atoms with Gasteiger partial charge in [0.15, 0.2) is 0 Å².